The number of nitrogens with one attached hydrogen (secondary N) is 2. The van der Waals surface area contributed by atoms with Crippen molar-refractivity contribution in [1.29, 1.82) is 0 Å². The monoisotopic (exact) mass is 205 g/mol. The molecule has 0 aromatic heterocycles. The highest BCUT2D eigenvalue weighted by molar-refractivity contribution is 8.00. The molecule has 0 radical (unpaired) electrons. The summed E-state index contributed by atoms with van der Waals surface area (Å²) in [4.78, 5) is 21.4. The first-order chi connectivity index (χ1) is 6.06. The van der Waals surface area contributed by atoms with Gasteiger partial charge in [0.2, 0.25) is 11.8 Å². The standard InChI is InChI=1S/C7H15N3O2S/c1-5(3-8)13-4-7(12)10-9-6(2)11/h5H,3-4,8H2,1-2H3,(H,9,11)(H,10,12). The Morgan fingerprint density at radius 1 is 1.46 bits per heavy atom. The van der Waals surface area contributed by atoms with Crippen molar-refractivity contribution in [3.63, 3.8) is 0 Å². The lowest BCUT2D eigenvalue weighted by atomic mass is 10.5. The largest absolute Gasteiger partial charge is 0.329 e. The summed E-state index contributed by atoms with van der Waals surface area (Å²) in [6.07, 6.45) is 0. The molecule has 0 heterocycles. The van der Waals surface area contributed by atoms with Crippen molar-refractivity contribution in [3.05, 3.63) is 0 Å². The predicted octanol–water partition coefficient (Wildman–Crippen LogP) is -0.766. The van der Waals surface area contributed by atoms with Gasteiger partial charge >= 0.3 is 0 Å². The van der Waals surface area contributed by atoms with Crippen molar-refractivity contribution in [1.82, 2.24) is 10.9 Å². The van der Waals surface area contributed by atoms with Crippen molar-refractivity contribution < 1.29 is 9.59 Å². The van der Waals surface area contributed by atoms with Crippen LogP contribution in [0, 0.1) is 0 Å². The van der Waals surface area contributed by atoms with Gasteiger partial charge in [0.1, 0.15) is 0 Å². The summed E-state index contributed by atoms with van der Waals surface area (Å²) in [6.45, 7) is 3.81. The first-order valence-corrected chi connectivity index (χ1v) is 4.98. The molecule has 0 aromatic carbocycles. The van der Waals surface area contributed by atoms with E-state index in [1.165, 1.54) is 18.7 Å². The van der Waals surface area contributed by atoms with E-state index in [0.29, 0.717) is 12.3 Å². The first kappa shape index (κ1) is 12.2. The molecule has 1 atom stereocenters. The van der Waals surface area contributed by atoms with Crippen molar-refractivity contribution in [3.8, 4) is 0 Å². The second kappa shape index (κ2) is 6.73. The first-order valence-electron chi connectivity index (χ1n) is 3.93. The number of rotatable bonds is 4. The summed E-state index contributed by atoms with van der Waals surface area (Å²) in [5.74, 6) is -0.204. The third-order valence-electron chi connectivity index (χ3n) is 1.21. The van der Waals surface area contributed by atoms with Crippen LogP contribution in [0.5, 0.6) is 0 Å². The lowest BCUT2D eigenvalue weighted by Crippen LogP contribution is -2.41. The topological polar surface area (TPSA) is 84.2 Å². The van der Waals surface area contributed by atoms with Gasteiger partial charge in [-0.3, -0.25) is 20.4 Å². The molecule has 0 aliphatic heterocycles. The number of hydrogen-bond donors (Lipinski definition) is 3. The molecule has 13 heavy (non-hydrogen) atoms. The summed E-state index contributed by atoms with van der Waals surface area (Å²) < 4.78 is 0. The van der Waals surface area contributed by atoms with E-state index in [9.17, 15) is 9.59 Å². The molecule has 0 saturated carbocycles. The molecule has 2 amide bonds. The smallest absolute Gasteiger partial charge is 0.248 e. The van der Waals surface area contributed by atoms with Crippen LogP contribution in [0.3, 0.4) is 0 Å². The van der Waals surface area contributed by atoms with Crippen LogP contribution in [-0.2, 0) is 9.59 Å². The Morgan fingerprint density at radius 3 is 2.54 bits per heavy atom. The second-order valence-electron chi connectivity index (χ2n) is 2.59. The zero-order valence-corrected chi connectivity index (χ0v) is 8.61. The molecule has 0 bridgehead atoms. The van der Waals surface area contributed by atoms with Crippen LogP contribution in [0.1, 0.15) is 13.8 Å². The molecule has 0 aliphatic carbocycles. The van der Waals surface area contributed by atoms with Gasteiger partial charge in [0.25, 0.3) is 0 Å². The fourth-order valence-electron chi connectivity index (χ4n) is 0.480. The average molecular weight is 205 g/mol. The van der Waals surface area contributed by atoms with Crippen LogP contribution in [0.15, 0.2) is 0 Å². The normalized spacial score (nSPS) is 11.9. The van der Waals surface area contributed by atoms with Crippen LogP contribution >= 0.6 is 11.8 Å². The van der Waals surface area contributed by atoms with Gasteiger partial charge in [0, 0.05) is 18.7 Å². The Labute approximate surface area is 81.8 Å². The van der Waals surface area contributed by atoms with Crippen molar-refractivity contribution in [2.45, 2.75) is 19.1 Å². The lowest BCUT2D eigenvalue weighted by molar-refractivity contribution is -0.126. The minimum atomic E-state index is -0.287. The summed E-state index contributed by atoms with van der Waals surface area (Å²) in [6, 6.07) is 0. The van der Waals surface area contributed by atoms with E-state index in [1.54, 1.807) is 0 Å². The molecule has 0 aromatic rings. The van der Waals surface area contributed by atoms with Gasteiger partial charge < -0.3 is 5.73 Å². The second-order valence-corrected chi connectivity index (χ2v) is 4.01. The number of carbonyl (C=O) groups is 2. The zero-order valence-electron chi connectivity index (χ0n) is 7.79. The third-order valence-corrected chi connectivity index (χ3v) is 2.40. The van der Waals surface area contributed by atoms with E-state index < -0.39 is 0 Å². The van der Waals surface area contributed by atoms with Crippen molar-refractivity contribution in [2.75, 3.05) is 12.3 Å². The van der Waals surface area contributed by atoms with Gasteiger partial charge in [-0.15, -0.1) is 11.8 Å². The molecule has 0 rings (SSSR count). The maximum Gasteiger partial charge on any atom is 0.248 e. The van der Waals surface area contributed by atoms with Crippen molar-refractivity contribution >= 4 is 23.6 Å². The van der Waals surface area contributed by atoms with Gasteiger partial charge in [-0.1, -0.05) is 6.92 Å². The van der Waals surface area contributed by atoms with E-state index in [1.807, 2.05) is 6.92 Å². The fraction of sp³-hybridized carbons (Fsp3) is 0.714. The highest BCUT2D eigenvalue weighted by Gasteiger charge is 2.05. The lowest BCUT2D eigenvalue weighted by Gasteiger charge is -2.08. The molecule has 0 fully saturated rings. The van der Waals surface area contributed by atoms with Crippen LogP contribution in [0.4, 0.5) is 0 Å². The van der Waals surface area contributed by atoms with Gasteiger partial charge in [0.05, 0.1) is 5.75 Å². The molecular formula is C7H15N3O2S. The number of hydrazine groups is 1. The Kier molecular flexibility index (Phi) is 6.34. The Bertz CT molecular complexity index is 187. The Balaban J connectivity index is 3.46. The fourth-order valence-corrected chi connectivity index (χ4v) is 1.12. The van der Waals surface area contributed by atoms with Crippen LogP contribution in [0.2, 0.25) is 0 Å². The maximum absolute atomic E-state index is 11.0. The number of amides is 2. The molecule has 0 saturated heterocycles. The number of carbonyl (C=O) groups excluding carboxylic acids is 2. The Morgan fingerprint density at radius 2 is 2.08 bits per heavy atom. The van der Waals surface area contributed by atoms with E-state index >= 15 is 0 Å². The van der Waals surface area contributed by atoms with E-state index in [-0.39, 0.29) is 17.1 Å². The number of hydrogen-bond acceptors (Lipinski definition) is 4. The average Bonchev–Trinajstić information content (AvgIpc) is 2.10. The Hall–Kier alpha value is -0.750. The van der Waals surface area contributed by atoms with Crippen molar-refractivity contribution in [2.24, 2.45) is 5.73 Å². The summed E-state index contributed by atoms with van der Waals surface area (Å²) in [5.41, 5.74) is 9.82. The number of nitrogens with two attached hydrogens (primary N) is 1. The molecule has 4 N–H and O–H groups in total. The molecular weight excluding hydrogens is 190 g/mol. The van der Waals surface area contributed by atoms with E-state index in [2.05, 4.69) is 10.9 Å². The van der Waals surface area contributed by atoms with Crippen LogP contribution in [-0.4, -0.2) is 29.4 Å². The van der Waals surface area contributed by atoms with Gasteiger partial charge in [0.15, 0.2) is 0 Å². The highest BCUT2D eigenvalue weighted by atomic mass is 32.2. The van der Waals surface area contributed by atoms with E-state index in [0.717, 1.165) is 0 Å². The molecule has 0 spiro atoms. The number of thioether (sulfide) groups is 1. The summed E-state index contributed by atoms with van der Waals surface area (Å²) in [7, 11) is 0. The minimum Gasteiger partial charge on any atom is -0.329 e. The maximum atomic E-state index is 11.0. The molecule has 6 heteroatoms. The van der Waals surface area contributed by atoms with Crippen LogP contribution < -0.4 is 16.6 Å². The van der Waals surface area contributed by atoms with Gasteiger partial charge in [-0.25, -0.2) is 0 Å². The zero-order chi connectivity index (χ0) is 10.3. The van der Waals surface area contributed by atoms with Gasteiger partial charge in [-0.2, -0.15) is 0 Å². The SMILES string of the molecule is CC(=O)NNC(=O)CSC(C)CN. The molecule has 1 unspecified atom stereocenters. The van der Waals surface area contributed by atoms with Gasteiger partial charge in [-0.05, 0) is 0 Å². The molecule has 76 valence electrons. The van der Waals surface area contributed by atoms with Crippen LogP contribution in [0.25, 0.3) is 0 Å². The minimum absolute atomic E-state index is 0.222. The third kappa shape index (κ3) is 7.61. The summed E-state index contributed by atoms with van der Waals surface area (Å²) in [5, 5.41) is 0.253. The predicted molar refractivity (Wildman–Crippen MR) is 52.9 cm³/mol. The molecule has 5 nitrogen and oxygen atoms in total. The quantitative estimate of drug-likeness (QED) is 0.526. The summed E-state index contributed by atoms with van der Waals surface area (Å²) >= 11 is 1.45. The highest BCUT2D eigenvalue weighted by Crippen LogP contribution is 2.06. The van der Waals surface area contributed by atoms with E-state index in [4.69, 9.17) is 5.73 Å². The molecule has 0 aliphatic rings.